The van der Waals surface area contributed by atoms with E-state index in [2.05, 4.69) is 24.1 Å². The van der Waals surface area contributed by atoms with Crippen LogP contribution < -0.4 is 15.8 Å². The van der Waals surface area contributed by atoms with E-state index in [1.165, 1.54) is 12.1 Å². The van der Waals surface area contributed by atoms with E-state index >= 15 is 0 Å². The number of halogens is 2. The molecule has 25 heavy (non-hydrogen) atoms. The number of ether oxygens (including phenoxy) is 1. The number of carbonyl (C=O) groups excluding carboxylic acids is 1. The van der Waals surface area contributed by atoms with Crippen LogP contribution in [0.4, 0.5) is 5.69 Å². The molecule has 9 heteroatoms. The monoisotopic (exact) mass is 411 g/mol. The number of nitrogen functional groups attached to an aromatic ring is 1. The van der Waals surface area contributed by atoms with Crippen LogP contribution >= 0.6 is 24.0 Å². The van der Waals surface area contributed by atoms with Crippen molar-refractivity contribution >= 4 is 46.4 Å². The van der Waals surface area contributed by atoms with E-state index in [4.69, 9.17) is 22.1 Å². The topological polar surface area (TPSA) is 84.7 Å². The molecule has 144 valence electrons. The van der Waals surface area contributed by atoms with E-state index in [-0.39, 0.29) is 24.9 Å². The molecule has 1 aromatic carbocycles. The molecule has 0 radical (unpaired) electrons. The molecule has 0 bridgehead atoms. The van der Waals surface area contributed by atoms with E-state index in [0.29, 0.717) is 34.3 Å². The van der Waals surface area contributed by atoms with Gasteiger partial charge in [0.1, 0.15) is 5.75 Å². The molecule has 0 unspecified atom stereocenters. The standard InChI is InChI=1S/C16H26ClN3O3S.ClH/c1-4-20(5-2)7-6-19-16(21)12-10-13(17)14(18)11-15(12)23-8-9-24(3)22;/h10-11H,4-9,18H2,1-3H3,(H,19,21);1H/t24-;/m0./s1. The lowest BCUT2D eigenvalue weighted by atomic mass is 10.1. The summed E-state index contributed by atoms with van der Waals surface area (Å²) < 4.78 is 16.7. The van der Waals surface area contributed by atoms with Crippen LogP contribution in [-0.4, -0.2) is 59.8 Å². The molecule has 3 N–H and O–H groups in total. The molecular weight excluding hydrogens is 385 g/mol. The second kappa shape index (κ2) is 12.4. The van der Waals surface area contributed by atoms with Crippen LogP contribution in [0.3, 0.4) is 0 Å². The van der Waals surface area contributed by atoms with Gasteiger partial charge in [0.05, 0.1) is 28.6 Å². The van der Waals surface area contributed by atoms with Gasteiger partial charge >= 0.3 is 0 Å². The summed E-state index contributed by atoms with van der Waals surface area (Å²) in [5.74, 6) is 0.463. The summed E-state index contributed by atoms with van der Waals surface area (Å²) in [7, 11) is -0.967. The Labute approximate surface area is 163 Å². The van der Waals surface area contributed by atoms with Crippen molar-refractivity contribution in [1.82, 2.24) is 10.2 Å². The number of carbonyl (C=O) groups is 1. The fourth-order valence-electron chi connectivity index (χ4n) is 2.10. The summed E-state index contributed by atoms with van der Waals surface area (Å²) in [4.78, 5) is 14.6. The summed E-state index contributed by atoms with van der Waals surface area (Å²) in [5, 5.41) is 3.17. The van der Waals surface area contributed by atoms with Gasteiger partial charge in [-0.05, 0) is 19.2 Å². The summed E-state index contributed by atoms with van der Waals surface area (Å²) in [5.41, 5.74) is 6.45. The van der Waals surface area contributed by atoms with Gasteiger partial charge in [-0.15, -0.1) is 12.4 Å². The van der Waals surface area contributed by atoms with Crippen LogP contribution in [0.5, 0.6) is 5.75 Å². The van der Waals surface area contributed by atoms with E-state index in [9.17, 15) is 9.00 Å². The van der Waals surface area contributed by atoms with Gasteiger partial charge in [0.25, 0.3) is 5.91 Å². The van der Waals surface area contributed by atoms with Crippen LogP contribution in [0.2, 0.25) is 5.02 Å². The number of hydrogen-bond acceptors (Lipinski definition) is 5. The molecule has 1 aromatic rings. The Bertz CT molecular complexity index is 584. The lowest BCUT2D eigenvalue weighted by Gasteiger charge is -2.18. The lowest BCUT2D eigenvalue weighted by molar-refractivity contribution is 0.0945. The number of nitrogens with zero attached hydrogens (tertiary/aromatic N) is 1. The second-order valence-corrected chi connectivity index (χ2v) is 7.24. The number of anilines is 1. The van der Waals surface area contributed by atoms with Gasteiger partial charge in [0, 0.05) is 36.2 Å². The van der Waals surface area contributed by atoms with Gasteiger partial charge in [-0.2, -0.15) is 0 Å². The maximum Gasteiger partial charge on any atom is 0.255 e. The van der Waals surface area contributed by atoms with Crippen LogP contribution in [-0.2, 0) is 10.8 Å². The molecule has 1 amide bonds. The molecule has 0 heterocycles. The molecule has 0 saturated carbocycles. The number of hydrogen-bond donors (Lipinski definition) is 2. The third kappa shape index (κ3) is 8.27. The third-order valence-corrected chi connectivity index (χ3v) is 4.65. The van der Waals surface area contributed by atoms with E-state index in [0.717, 1.165) is 19.6 Å². The summed E-state index contributed by atoms with van der Waals surface area (Å²) in [6, 6.07) is 3.03. The highest BCUT2D eigenvalue weighted by Gasteiger charge is 2.16. The first-order valence-corrected chi connectivity index (χ1v) is 10.0. The minimum Gasteiger partial charge on any atom is -0.492 e. The van der Waals surface area contributed by atoms with Gasteiger partial charge < -0.3 is 20.7 Å². The van der Waals surface area contributed by atoms with E-state index in [1.54, 1.807) is 6.26 Å². The Morgan fingerprint density at radius 3 is 2.56 bits per heavy atom. The molecular formula is C16H27Cl2N3O3S. The molecule has 0 aliphatic heterocycles. The highest BCUT2D eigenvalue weighted by molar-refractivity contribution is 7.84. The SMILES string of the molecule is CCN(CC)CCNC(=O)c1cc(Cl)c(N)cc1OCC[S@](C)=O.Cl. The van der Waals surface area contributed by atoms with E-state index < -0.39 is 10.8 Å². The largest absolute Gasteiger partial charge is 0.492 e. The quantitative estimate of drug-likeness (QED) is 0.576. The molecule has 0 fully saturated rings. The average molecular weight is 412 g/mol. The number of nitrogens with two attached hydrogens (primary N) is 1. The number of amides is 1. The maximum absolute atomic E-state index is 12.4. The molecule has 6 nitrogen and oxygen atoms in total. The van der Waals surface area contributed by atoms with Crippen molar-refractivity contribution in [3.8, 4) is 5.75 Å². The fraction of sp³-hybridized carbons (Fsp3) is 0.562. The molecule has 0 aliphatic carbocycles. The molecule has 1 rings (SSSR count). The van der Waals surface area contributed by atoms with Crippen LogP contribution in [0, 0.1) is 0 Å². The van der Waals surface area contributed by atoms with Gasteiger partial charge in [-0.25, -0.2) is 0 Å². The third-order valence-electron chi connectivity index (χ3n) is 3.58. The highest BCUT2D eigenvalue weighted by Crippen LogP contribution is 2.29. The van der Waals surface area contributed by atoms with Crippen molar-refractivity contribution in [2.75, 3.05) is 50.5 Å². The Morgan fingerprint density at radius 2 is 2.00 bits per heavy atom. The number of nitrogens with one attached hydrogen (secondary N) is 1. The number of rotatable bonds is 10. The van der Waals surface area contributed by atoms with Crippen molar-refractivity contribution in [2.45, 2.75) is 13.8 Å². The molecule has 0 saturated heterocycles. The van der Waals surface area contributed by atoms with Gasteiger partial charge in [0.15, 0.2) is 0 Å². The first kappa shape index (κ1) is 24.0. The Morgan fingerprint density at radius 1 is 1.36 bits per heavy atom. The molecule has 0 spiro atoms. The maximum atomic E-state index is 12.4. The van der Waals surface area contributed by atoms with Crippen molar-refractivity contribution in [3.63, 3.8) is 0 Å². The average Bonchev–Trinajstić information content (AvgIpc) is 2.54. The Kier molecular flexibility index (Phi) is 11.8. The smallest absolute Gasteiger partial charge is 0.255 e. The zero-order chi connectivity index (χ0) is 18.1. The van der Waals surface area contributed by atoms with E-state index in [1.807, 2.05) is 0 Å². The van der Waals surface area contributed by atoms with Gasteiger partial charge in [-0.1, -0.05) is 25.4 Å². The number of likely N-dealkylation sites (N-methyl/N-ethyl adjacent to an activating group) is 1. The van der Waals surface area contributed by atoms with Crippen LogP contribution in [0.1, 0.15) is 24.2 Å². The molecule has 0 aliphatic rings. The zero-order valence-corrected chi connectivity index (χ0v) is 17.2. The summed E-state index contributed by atoms with van der Waals surface area (Å²) >= 11 is 6.03. The normalized spacial score (nSPS) is 11.7. The summed E-state index contributed by atoms with van der Waals surface area (Å²) in [6.45, 7) is 7.56. The predicted octanol–water partition coefficient (Wildman–Crippen LogP) is 2.17. The van der Waals surface area contributed by atoms with Crippen molar-refractivity contribution < 1.29 is 13.7 Å². The van der Waals surface area contributed by atoms with Crippen molar-refractivity contribution in [2.24, 2.45) is 0 Å². The van der Waals surface area contributed by atoms with Crippen molar-refractivity contribution in [1.29, 1.82) is 0 Å². The predicted molar refractivity (Wildman–Crippen MR) is 108 cm³/mol. The Hall–Kier alpha value is -1.02. The summed E-state index contributed by atoms with van der Waals surface area (Å²) in [6.07, 6.45) is 1.60. The molecule has 1 atom stereocenters. The first-order valence-electron chi connectivity index (χ1n) is 7.91. The second-order valence-electron chi connectivity index (χ2n) is 5.28. The first-order chi connectivity index (χ1) is 11.4. The lowest BCUT2D eigenvalue weighted by Crippen LogP contribution is -2.35. The highest BCUT2D eigenvalue weighted by atomic mass is 35.5. The zero-order valence-electron chi connectivity index (χ0n) is 14.8. The van der Waals surface area contributed by atoms with Crippen molar-refractivity contribution in [3.05, 3.63) is 22.7 Å². The van der Waals surface area contributed by atoms with Crippen LogP contribution in [0.15, 0.2) is 12.1 Å². The fourth-order valence-corrected chi connectivity index (χ4v) is 2.58. The Balaban J connectivity index is 0.00000576. The van der Waals surface area contributed by atoms with Crippen LogP contribution in [0.25, 0.3) is 0 Å². The minimum atomic E-state index is -0.967. The minimum absolute atomic E-state index is 0. The van der Waals surface area contributed by atoms with Gasteiger partial charge in [-0.3, -0.25) is 9.00 Å². The van der Waals surface area contributed by atoms with Gasteiger partial charge in [0.2, 0.25) is 0 Å². The molecule has 0 aromatic heterocycles. The number of benzene rings is 1.